The molecule has 3 aromatic heterocycles. The van der Waals surface area contributed by atoms with Crippen molar-refractivity contribution in [1.82, 2.24) is 29.4 Å². The zero-order valence-corrected chi connectivity index (χ0v) is 25.0. The lowest BCUT2D eigenvalue weighted by molar-refractivity contribution is -0.0180. The number of hydrogen-bond donors (Lipinski definition) is 4. The van der Waals surface area contributed by atoms with Crippen molar-refractivity contribution in [3.63, 3.8) is 0 Å². The molecule has 9 nitrogen and oxygen atoms in total. The first-order valence-electron chi connectivity index (χ1n) is 15.2. The first kappa shape index (κ1) is 28.1. The smallest absolute Gasteiger partial charge is 0.145 e. The number of nitrogens with two attached hydrogens (primary N) is 1. The van der Waals surface area contributed by atoms with Crippen LogP contribution in [0, 0.1) is 11.8 Å². The van der Waals surface area contributed by atoms with Crippen LogP contribution in [0.3, 0.4) is 0 Å². The maximum Gasteiger partial charge on any atom is 0.145 e. The van der Waals surface area contributed by atoms with Crippen LogP contribution in [-0.2, 0) is 11.8 Å². The Morgan fingerprint density at radius 2 is 1.88 bits per heavy atom. The molecule has 2 aliphatic rings. The van der Waals surface area contributed by atoms with Crippen LogP contribution in [0.4, 0.5) is 5.82 Å². The molecule has 0 amide bonds. The highest BCUT2D eigenvalue weighted by molar-refractivity contribution is 5.86. The van der Waals surface area contributed by atoms with Gasteiger partial charge in [-0.2, -0.15) is 0 Å². The first-order valence-corrected chi connectivity index (χ1v) is 15.2. The summed E-state index contributed by atoms with van der Waals surface area (Å²) in [5.41, 5.74) is 10.3. The molecular weight excluding hydrogens is 514 g/mol. The Bertz CT molecular complexity index is 1510. The van der Waals surface area contributed by atoms with Gasteiger partial charge in [0.2, 0.25) is 0 Å². The number of imidazole rings is 1. The maximum atomic E-state index is 11.1. The molecule has 220 valence electrons. The van der Waals surface area contributed by atoms with E-state index in [0.717, 1.165) is 41.6 Å². The van der Waals surface area contributed by atoms with Gasteiger partial charge in [0.05, 0.1) is 28.6 Å². The summed E-state index contributed by atoms with van der Waals surface area (Å²) < 4.78 is 1.96. The van der Waals surface area contributed by atoms with Gasteiger partial charge < -0.3 is 25.5 Å². The number of aromatic amines is 1. The predicted octanol–water partition coefficient (Wildman–Crippen LogP) is 4.59. The molecule has 9 heteroatoms. The highest BCUT2D eigenvalue weighted by Gasteiger charge is 2.45. The Kier molecular flexibility index (Phi) is 7.32. The number of H-pyrrole nitrogens is 1. The summed E-state index contributed by atoms with van der Waals surface area (Å²) in [4.78, 5) is 19.5. The third kappa shape index (κ3) is 5.35. The van der Waals surface area contributed by atoms with Crippen molar-refractivity contribution >= 4 is 27.9 Å². The van der Waals surface area contributed by atoms with Gasteiger partial charge in [0.1, 0.15) is 29.7 Å². The average molecular weight is 560 g/mol. The minimum absolute atomic E-state index is 0.0124. The summed E-state index contributed by atoms with van der Waals surface area (Å²) >= 11 is 0. The second kappa shape index (κ2) is 10.7. The molecule has 41 heavy (non-hydrogen) atoms. The summed E-state index contributed by atoms with van der Waals surface area (Å²) in [6.45, 7) is 12.0. The van der Waals surface area contributed by atoms with E-state index in [4.69, 9.17) is 10.7 Å². The van der Waals surface area contributed by atoms with E-state index in [1.54, 1.807) is 0 Å². The summed E-state index contributed by atoms with van der Waals surface area (Å²) in [6, 6.07) is 9.11. The lowest BCUT2D eigenvalue weighted by Crippen LogP contribution is -2.51. The number of nitrogen functional groups attached to an aromatic ring is 1. The van der Waals surface area contributed by atoms with Crippen LogP contribution in [-0.4, -0.2) is 70.5 Å². The molecule has 0 unspecified atom stereocenters. The van der Waals surface area contributed by atoms with Crippen LogP contribution in [0.15, 0.2) is 36.8 Å². The lowest BCUT2D eigenvalue weighted by atomic mass is 9.76. The Balaban J connectivity index is 1.06. The number of fused-ring (bicyclic) bond motifs is 2. The fraction of sp³-hybridized carbons (Fsp3) is 0.594. The molecule has 4 aromatic rings. The van der Waals surface area contributed by atoms with Gasteiger partial charge in [-0.3, -0.25) is 4.90 Å². The molecule has 2 aliphatic carbocycles. The highest BCUT2D eigenvalue weighted by Crippen LogP contribution is 2.41. The fourth-order valence-electron chi connectivity index (χ4n) is 7.06. The third-order valence-electron chi connectivity index (χ3n) is 9.64. The standard InChI is InChI=1S/C32H45N7O2/c1-18(2)39(16-20-14-26(29(41)28(20)40)38-11-10-23-30(33)34-17-35-31(23)38)22-12-19(13-22)6-9-27-36-24-8-7-21(32(3,4)5)15-25(24)37-27/h7-8,10-11,15,17-20,22,26,28-29,40-41H,6,9,12-14,16H2,1-5H3,(H,36,37)(H2,33,34,35)/t19-,20-,22+,26-,28-,29+/m1/s1. The Morgan fingerprint density at radius 3 is 2.61 bits per heavy atom. The molecule has 0 radical (unpaired) electrons. The Hall–Kier alpha value is -3.01. The maximum absolute atomic E-state index is 11.1. The van der Waals surface area contributed by atoms with Crippen LogP contribution in [0.5, 0.6) is 0 Å². The summed E-state index contributed by atoms with van der Waals surface area (Å²) in [7, 11) is 0. The summed E-state index contributed by atoms with van der Waals surface area (Å²) in [5.74, 6) is 2.18. The van der Waals surface area contributed by atoms with E-state index in [-0.39, 0.29) is 17.4 Å². The number of aromatic nitrogens is 5. The minimum atomic E-state index is -0.849. The van der Waals surface area contributed by atoms with E-state index in [9.17, 15) is 10.2 Å². The number of aryl methyl sites for hydroxylation is 1. The zero-order valence-electron chi connectivity index (χ0n) is 25.0. The predicted molar refractivity (Wildman–Crippen MR) is 163 cm³/mol. The number of hydrogen-bond acceptors (Lipinski definition) is 7. The number of aliphatic hydroxyl groups excluding tert-OH is 2. The molecule has 4 atom stereocenters. The topological polar surface area (TPSA) is 129 Å². The lowest BCUT2D eigenvalue weighted by Gasteiger charge is -2.46. The molecule has 0 saturated heterocycles. The third-order valence-corrected chi connectivity index (χ3v) is 9.64. The number of anilines is 1. The van der Waals surface area contributed by atoms with Gasteiger partial charge in [0.25, 0.3) is 0 Å². The van der Waals surface area contributed by atoms with E-state index in [0.29, 0.717) is 35.9 Å². The van der Waals surface area contributed by atoms with Crippen LogP contribution in [0.2, 0.25) is 0 Å². The van der Waals surface area contributed by atoms with Crippen molar-refractivity contribution in [2.24, 2.45) is 11.8 Å². The van der Waals surface area contributed by atoms with Crippen molar-refractivity contribution in [2.75, 3.05) is 12.3 Å². The largest absolute Gasteiger partial charge is 0.390 e. The summed E-state index contributed by atoms with van der Waals surface area (Å²) in [5, 5.41) is 22.9. The van der Waals surface area contributed by atoms with Gasteiger partial charge in [-0.1, -0.05) is 26.8 Å². The molecule has 2 saturated carbocycles. The van der Waals surface area contributed by atoms with Crippen molar-refractivity contribution < 1.29 is 10.2 Å². The Morgan fingerprint density at radius 1 is 1.10 bits per heavy atom. The second-order valence-electron chi connectivity index (χ2n) is 13.7. The van der Waals surface area contributed by atoms with E-state index >= 15 is 0 Å². The molecular formula is C32H45N7O2. The van der Waals surface area contributed by atoms with E-state index in [1.165, 1.54) is 24.7 Å². The van der Waals surface area contributed by atoms with E-state index in [2.05, 4.69) is 72.7 Å². The molecule has 3 heterocycles. The van der Waals surface area contributed by atoms with Gasteiger partial charge in [-0.15, -0.1) is 0 Å². The average Bonchev–Trinajstić information content (AvgIpc) is 3.58. The van der Waals surface area contributed by atoms with E-state index in [1.807, 2.05) is 16.8 Å². The highest BCUT2D eigenvalue weighted by atomic mass is 16.3. The van der Waals surface area contributed by atoms with E-state index < -0.39 is 12.2 Å². The van der Waals surface area contributed by atoms with Crippen LogP contribution in [0.25, 0.3) is 22.1 Å². The number of nitrogens with zero attached hydrogens (tertiary/aromatic N) is 5. The van der Waals surface area contributed by atoms with Gasteiger partial charge in [-0.05, 0) is 74.6 Å². The van der Waals surface area contributed by atoms with Gasteiger partial charge in [0.15, 0.2) is 0 Å². The number of benzene rings is 1. The van der Waals surface area contributed by atoms with Crippen LogP contribution in [0.1, 0.15) is 77.7 Å². The minimum Gasteiger partial charge on any atom is -0.390 e. The number of nitrogens with one attached hydrogen (secondary N) is 1. The van der Waals surface area contributed by atoms with Crippen LogP contribution < -0.4 is 5.73 Å². The second-order valence-corrected chi connectivity index (χ2v) is 13.7. The van der Waals surface area contributed by atoms with Gasteiger partial charge in [0, 0.05) is 37.2 Å². The molecule has 6 rings (SSSR count). The molecule has 0 spiro atoms. The van der Waals surface area contributed by atoms with Crippen molar-refractivity contribution in [2.45, 2.75) is 102 Å². The van der Waals surface area contributed by atoms with Gasteiger partial charge in [-0.25, -0.2) is 15.0 Å². The molecule has 1 aromatic carbocycles. The summed E-state index contributed by atoms with van der Waals surface area (Å²) in [6.07, 6.45) is 6.85. The first-order chi connectivity index (χ1) is 19.5. The van der Waals surface area contributed by atoms with Crippen LogP contribution >= 0.6 is 0 Å². The fourth-order valence-corrected chi connectivity index (χ4v) is 7.06. The van der Waals surface area contributed by atoms with Crippen molar-refractivity contribution in [3.05, 3.63) is 48.2 Å². The number of aliphatic hydroxyl groups is 2. The zero-order chi connectivity index (χ0) is 29.1. The van der Waals surface area contributed by atoms with Gasteiger partial charge >= 0.3 is 0 Å². The van der Waals surface area contributed by atoms with Crippen molar-refractivity contribution in [1.29, 1.82) is 0 Å². The molecule has 2 fully saturated rings. The quantitative estimate of drug-likeness (QED) is 0.248. The molecule has 5 N–H and O–H groups in total. The Labute approximate surface area is 242 Å². The normalized spacial score (nSPS) is 27.0. The molecule has 0 bridgehead atoms. The van der Waals surface area contributed by atoms with Crippen molar-refractivity contribution in [3.8, 4) is 0 Å². The molecule has 0 aliphatic heterocycles. The number of rotatable bonds is 8. The monoisotopic (exact) mass is 559 g/mol. The SMILES string of the molecule is CC(C)N(C[C@H]1C[C@@H](n2ccc3c(N)ncnc32)[C@H](O)[C@@H]1O)[C@H]1C[C@@H](CCc2nc3cc(C(C)(C)C)ccc3[nH]2)C1.